The van der Waals surface area contributed by atoms with E-state index in [4.69, 9.17) is 18.9 Å². The van der Waals surface area contributed by atoms with E-state index in [1.165, 1.54) is 28.4 Å². The second kappa shape index (κ2) is 10.4. The van der Waals surface area contributed by atoms with Gasteiger partial charge in [-0.2, -0.15) is 0 Å². The summed E-state index contributed by atoms with van der Waals surface area (Å²) in [5.41, 5.74) is 3.21. The fraction of sp³-hybridized carbons (Fsp3) is 0.235. The van der Waals surface area contributed by atoms with Crippen molar-refractivity contribution in [3.8, 4) is 0 Å². The molecule has 0 spiro atoms. The van der Waals surface area contributed by atoms with Crippen molar-refractivity contribution < 1.29 is 38.1 Å². The van der Waals surface area contributed by atoms with Gasteiger partial charge in [-0.3, -0.25) is 0 Å². The van der Waals surface area contributed by atoms with Crippen molar-refractivity contribution in [3.63, 3.8) is 0 Å². The average Bonchev–Trinajstić information content (AvgIpc) is 3.00. The molecule has 0 saturated heterocycles. The summed E-state index contributed by atoms with van der Waals surface area (Å²) in [7, 11) is 5.12. The van der Waals surface area contributed by atoms with Crippen molar-refractivity contribution in [3.05, 3.63) is 80.9 Å². The molecule has 8 nitrogen and oxygen atoms in total. The summed E-state index contributed by atoms with van der Waals surface area (Å²) in [5, 5.41) is 6.96. The number of esters is 4. The molecule has 0 fully saturated rings. The molecule has 5 aromatic rings. The molecule has 42 heavy (non-hydrogen) atoms. The number of hydrogen-bond acceptors (Lipinski definition) is 8. The Balaban J connectivity index is 1.89. The Bertz CT molecular complexity index is 1750. The average molecular weight is 567 g/mol. The summed E-state index contributed by atoms with van der Waals surface area (Å²) in [6.45, 7) is 7.17. The molecule has 0 heterocycles. The van der Waals surface area contributed by atoms with Gasteiger partial charge in [0.2, 0.25) is 0 Å². The van der Waals surface area contributed by atoms with Crippen LogP contribution in [0.4, 0.5) is 0 Å². The first kappa shape index (κ1) is 28.5. The summed E-state index contributed by atoms with van der Waals surface area (Å²) < 4.78 is 20.1. The highest BCUT2D eigenvalue weighted by Crippen LogP contribution is 2.38. The predicted molar refractivity (Wildman–Crippen MR) is 161 cm³/mol. The molecule has 0 atom stereocenters. The maximum atomic E-state index is 12.8. The van der Waals surface area contributed by atoms with E-state index in [-0.39, 0.29) is 22.3 Å². The third kappa shape index (κ3) is 4.13. The fourth-order valence-corrected chi connectivity index (χ4v) is 6.06. The van der Waals surface area contributed by atoms with Crippen LogP contribution in [0.5, 0.6) is 0 Å². The monoisotopic (exact) mass is 566 g/mol. The van der Waals surface area contributed by atoms with Gasteiger partial charge in [0.15, 0.2) is 0 Å². The van der Waals surface area contributed by atoms with Crippen molar-refractivity contribution in [2.75, 3.05) is 28.4 Å². The largest absolute Gasteiger partial charge is 0.465 e. The number of ether oxygens (including phenoxy) is 4. The lowest BCUT2D eigenvalue weighted by Gasteiger charge is -2.18. The second-order valence-electron chi connectivity index (χ2n) is 10.3. The van der Waals surface area contributed by atoms with Crippen LogP contribution in [-0.2, 0) is 18.9 Å². The Morgan fingerprint density at radius 1 is 0.381 bits per heavy atom. The van der Waals surface area contributed by atoms with Crippen LogP contribution >= 0.6 is 0 Å². The zero-order valence-electron chi connectivity index (χ0n) is 24.7. The van der Waals surface area contributed by atoms with Crippen LogP contribution in [0.25, 0.3) is 43.1 Å². The molecule has 5 rings (SSSR count). The van der Waals surface area contributed by atoms with Gasteiger partial charge in [0.25, 0.3) is 0 Å². The van der Waals surface area contributed by atoms with Gasteiger partial charge in [-0.25, -0.2) is 19.2 Å². The molecule has 214 valence electrons. The van der Waals surface area contributed by atoms with Gasteiger partial charge in [0.1, 0.15) is 0 Å². The van der Waals surface area contributed by atoms with E-state index in [0.29, 0.717) is 22.3 Å². The standard InChI is InChI=1S/C34H30O8/c1-15-23-11-19-9-21-13-25-17(3)29(33(37)41-7)30(34(38)42-8)18(4)26(25)14-22(21)10-20(19)12-24(23)16(2)28(32(36)40-6)27(15)31(35)39-5/h9-14H,1-8H3. The minimum atomic E-state index is -0.610. The van der Waals surface area contributed by atoms with Crippen LogP contribution in [0.2, 0.25) is 0 Å². The lowest BCUT2D eigenvalue weighted by molar-refractivity contribution is 0.0554. The van der Waals surface area contributed by atoms with Gasteiger partial charge in [-0.05, 0) is 129 Å². The molecule has 0 aliphatic rings. The topological polar surface area (TPSA) is 105 Å². The highest BCUT2D eigenvalue weighted by atomic mass is 16.5. The number of carbonyl (C=O) groups excluding carboxylic acids is 4. The van der Waals surface area contributed by atoms with E-state index in [2.05, 4.69) is 0 Å². The lowest BCUT2D eigenvalue weighted by atomic mass is 9.86. The number of rotatable bonds is 4. The Kier molecular flexibility index (Phi) is 7.10. The molecule has 8 heteroatoms. The fourth-order valence-electron chi connectivity index (χ4n) is 6.06. The molecule has 0 saturated carbocycles. The Hall–Kier alpha value is -4.98. The van der Waals surface area contributed by atoms with E-state index in [1.807, 2.05) is 36.4 Å². The number of benzene rings is 5. The van der Waals surface area contributed by atoms with Gasteiger partial charge in [0, 0.05) is 0 Å². The first-order chi connectivity index (χ1) is 20.0. The molecule has 0 aliphatic heterocycles. The normalized spacial score (nSPS) is 11.2. The molecule has 0 bridgehead atoms. The van der Waals surface area contributed by atoms with Crippen LogP contribution in [0, 0.1) is 27.7 Å². The van der Waals surface area contributed by atoms with Crippen LogP contribution in [0.15, 0.2) is 36.4 Å². The first-order valence-corrected chi connectivity index (χ1v) is 13.2. The molecule has 5 aromatic carbocycles. The summed E-state index contributed by atoms with van der Waals surface area (Å²) in [4.78, 5) is 51.1. The van der Waals surface area contributed by atoms with Gasteiger partial charge < -0.3 is 18.9 Å². The quantitative estimate of drug-likeness (QED) is 0.135. The van der Waals surface area contributed by atoms with E-state index < -0.39 is 23.9 Å². The van der Waals surface area contributed by atoms with Crippen molar-refractivity contribution in [1.29, 1.82) is 0 Å². The van der Waals surface area contributed by atoms with E-state index in [9.17, 15) is 19.2 Å². The molecule has 0 aromatic heterocycles. The Morgan fingerprint density at radius 3 is 0.738 bits per heavy atom. The van der Waals surface area contributed by atoms with E-state index in [1.54, 1.807) is 27.7 Å². The van der Waals surface area contributed by atoms with Crippen molar-refractivity contribution in [1.82, 2.24) is 0 Å². The number of aryl methyl sites for hydroxylation is 4. The predicted octanol–water partition coefficient (Wildman–Crippen LogP) is 6.68. The number of methoxy groups -OCH3 is 4. The zero-order chi connectivity index (χ0) is 30.6. The molecule has 0 N–H and O–H groups in total. The van der Waals surface area contributed by atoms with E-state index in [0.717, 1.165) is 43.1 Å². The number of hydrogen-bond donors (Lipinski definition) is 0. The number of carbonyl (C=O) groups is 4. The van der Waals surface area contributed by atoms with E-state index >= 15 is 0 Å². The third-order valence-corrected chi connectivity index (χ3v) is 8.24. The molecule has 0 aliphatic carbocycles. The Morgan fingerprint density at radius 2 is 0.571 bits per heavy atom. The SMILES string of the molecule is COC(=O)c1c(C(=O)OC)c(C)c2cc3cc4cc5c(C)c(C(=O)OC)c(C(=O)OC)c(C)c5cc4cc3cc2c1C. The highest BCUT2D eigenvalue weighted by molar-refractivity contribution is 6.17. The maximum Gasteiger partial charge on any atom is 0.339 e. The molecule has 0 amide bonds. The van der Waals surface area contributed by atoms with Crippen LogP contribution < -0.4 is 0 Å². The summed E-state index contributed by atoms with van der Waals surface area (Å²) >= 11 is 0. The number of fused-ring (bicyclic) bond motifs is 4. The van der Waals surface area contributed by atoms with Crippen molar-refractivity contribution in [2.24, 2.45) is 0 Å². The van der Waals surface area contributed by atoms with Gasteiger partial charge in [-0.15, -0.1) is 0 Å². The van der Waals surface area contributed by atoms with Gasteiger partial charge in [0.05, 0.1) is 50.7 Å². The summed E-state index contributed by atoms with van der Waals surface area (Å²) in [6, 6.07) is 12.1. The lowest BCUT2D eigenvalue weighted by Crippen LogP contribution is -2.16. The smallest absolute Gasteiger partial charge is 0.339 e. The van der Waals surface area contributed by atoms with Crippen LogP contribution in [-0.4, -0.2) is 52.3 Å². The molecular weight excluding hydrogens is 536 g/mol. The van der Waals surface area contributed by atoms with Crippen molar-refractivity contribution >= 4 is 67.0 Å². The summed E-state index contributed by atoms with van der Waals surface area (Å²) in [5.74, 6) is -2.44. The van der Waals surface area contributed by atoms with Gasteiger partial charge in [-0.1, -0.05) is 0 Å². The third-order valence-electron chi connectivity index (χ3n) is 8.24. The second-order valence-corrected chi connectivity index (χ2v) is 10.3. The van der Waals surface area contributed by atoms with Gasteiger partial charge >= 0.3 is 23.9 Å². The van der Waals surface area contributed by atoms with Crippen LogP contribution in [0.3, 0.4) is 0 Å². The summed E-state index contributed by atoms with van der Waals surface area (Å²) in [6.07, 6.45) is 0. The maximum absolute atomic E-state index is 12.8. The molecular formula is C34H30O8. The zero-order valence-corrected chi connectivity index (χ0v) is 24.7. The Labute approximate surface area is 242 Å². The van der Waals surface area contributed by atoms with Crippen LogP contribution in [0.1, 0.15) is 63.7 Å². The molecule has 0 radical (unpaired) electrons. The van der Waals surface area contributed by atoms with Crippen molar-refractivity contribution in [2.45, 2.75) is 27.7 Å². The molecule has 0 unspecified atom stereocenters. The minimum Gasteiger partial charge on any atom is -0.465 e. The first-order valence-electron chi connectivity index (χ1n) is 13.2. The highest BCUT2D eigenvalue weighted by Gasteiger charge is 2.28. The minimum absolute atomic E-state index is 0.184.